The molecule has 3 nitrogen and oxygen atoms in total. The zero-order valence-electron chi connectivity index (χ0n) is 11.5. The van der Waals surface area contributed by atoms with E-state index in [-0.39, 0.29) is 0 Å². The predicted octanol–water partition coefficient (Wildman–Crippen LogP) is 3.23. The minimum Gasteiger partial charge on any atom is -0.370 e. The lowest BCUT2D eigenvalue weighted by Crippen LogP contribution is -2.40. The molecular weight excluding hydrogens is 242 g/mol. The quantitative estimate of drug-likeness (QED) is 0.904. The van der Waals surface area contributed by atoms with E-state index in [1.807, 2.05) is 6.07 Å². The lowest BCUT2D eigenvalue weighted by atomic mass is 10.3. The molecule has 1 fully saturated rings. The number of anilines is 2. The first-order chi connectivity index (χ1) is 8.69. The topological polar surface area (TPSA) is 28.2 Å². The van der Waals surface area contributed by atoms with E-state index in [1.165, 1.54) is 0 Å². The average Bonchev–Trinajstić information content (AvgIpc) is 2.35. The molecule has 0 radical (unpaired) electrons. The summed E-state index contributed by atoms with van der Waals surface area (Å²) in [6.07, 6.45) is 1.13. The zero-order chi connectivity index (χ0) is 13.0. The Hall–Kier alpha value is -0.900. The van der Waals surface area contributed by atoms with Crippen molar-refractivity contribution < 1.29 is 0 Å². The Kier molecular flexibility index (Phi) is 4.75. The Morgan fingerprint density at radius 3 is 2.72 bits per heavy atom. The summed E-state index contributed by atoms with van der Waals surface area (Å²) in [6, 6.07) is 6.26. The summed E-state index contributed by atoms with van der Waals surface area (Å²) in [4.78, 5) is 7.11. The van der Waals surface area contributed by atoms with Crippen molar-refractivity contribution >= 4 is 23.4 Å². The number of pyridine rings is 1. The monoisotopic (exact) mass is 265 g/mol. The van der Waals surface area contributed by atoms with Gasteiger partial charge >= 0.3 is 0 Å². The SMILES string of the molecule is CCCNc1cccc(N2CC(C)SC(C)C2)n1. The molecule has 1 aliphatic heterocycles. The van der Waals surface area contributed by atoms with Crippen LogP contribution in [0.2, 0.25) is 0 Å². The summed E-state index contributed by atoms with van der Waals surface area (Å²) in [5, 5.41) is 4.72. The van der Waals surface area contributed by atoms with Crippen LogP contribution in [0.5, 0.6) is 0 Å². The number of aromatic nitrogens is 1. The Bertz CT molecular complexity index is 373. The van der Waals surface area contributed by atoms with Crippen LogP contribution in [0.15, 0.2) is 18.2 Å². The van der Waals surface area contributed by atoms with Gasteiger partial charge in [0.25, 0.3) is 0 Å². The summed E-state index contributed by atoms with van der Waals surface area (Å²) in [7, 11) is 0. The van der Waals surface area contributed by atoms with Gasteiger partial charge in [0.05, 0.1) is 0 Å². The van der Waals surface area contributed by atoms with E-state index >= 15 is 0 Å². The van der Waals surface area contributed by atoms with Gasteiger partial charge in [-0.1, -0.05) is 26.8 Å². The highest BCUT2D eigenvalue weighted by molar-refractivity contribution is 8.00. The van der Waals surface area contributed by atoms with Crippen LogP contribution in [0.25, 0.3) is 0 Å². The molecule has 2 rings (SSSR count). The van der Waals surface area contributed by atoms with Gasteiger partial charge in [0, 0.05) is 30.1 Å². The van der Waals surface area contributed by atoms with Crippen molar-refractivity contribution in [1.82, 2.24) is 4.98 Å². The number of nitrogens with one attached hydrogen (secondary N) is 1. The van der Waals surface area contributed by atoms with E-state index in [1.54, 1.807) is 0 Å². The van der Waals surface area contributed by atoms with Gasteiger partial charge in [-0.25, -0.2) is 4.98 Å². The fourth-order valence-corrected chi connectivity index (χ4v) is 3.64. The number of nitrogens with zero attached hydrogens (tertiary/aromatic N) is 2. The first-order valence-corrected chi connectivity index (χ1v) is 7.74. The molecule has 0 spiro atoms. The van der Waals surface area contributed by atoms with Crippen LogP contribution in [0.3, 0.4) is 0 Å². The third kappa shape index (κ3) is 3.55. The van der Waals surface area contributed by atoms with Gasteiger partial charge in [0.1, 0.15) is 11.6 Å². The van der Waals surface area contributed by atoms with Crippen molar-refractivity contribution in [3.63, 3.8) is 0 Å². The molecular formula is C14H23N3S. The van der Waals surface area contributed by atoms with Crippen molar-refractivity contribution in [2.75, 3.05) is 29.9 Å². The summed E-state index contributed by atoms with van der Waals surface area (Å²) in [5.74, 6) is 2.10. The maximum atomic E-state index is 4.71. The van der Waals surface area contributed by atoms with E-state index in [9.17, 15) is 0 Å². The molecule has 0 aromatic carbocycles. The van der Waals surface area contributed by atoms with E-state index in [2.05, 4.69) is 54.9 Å². The van der Waals surface area contributed by atoms with Crippen molar-refractivity contribution in [3.8, 4) is 0 Å². The fourth-order valence-electron chi connectivity index (χ4n) is 2.32. The van der Waals surface area contributed by atoms with E-state index in [0.29, 0.717) is 10.5 Å². The minimum absolute atomic E-state index is 0.683. The zero-order valence-corrected chi connectivity index (χ0v) is 12.3. The Morgan fingerprint density at radius 1 is 1.33 bits per heavy atom. The second-order valence-electron chi connectivity index (χ2n) is 4.97. The first kappa shape index (κ1) is 13.5. The minimum atomic E-state index is 0.683. The fraction of sp³-hybridized carbons (Fsp3) is 0.643. The van der Waals surface area contributed by atoms with Crippen LogP contribution in [0.4, 0.5) is 11.6 Å². The third-order valence-electron chi connectivity index (χ3n) is 3.03. The molecule has 0 amide bonds. The molecule has 2 heterocycles. The van der Waals surface area contributed by atoms with E-state index in [4.69, 9.17) is 4.98 Å². The molecule has 4 heteroatoms. The smallest absolute Gasteiger partial charge is 0.131 e. The highest BCUT2D eigenvalue weighted by atomic mass is 32.2. The number of rotatable bonds is 4. The van der Waals surface area contributed by atoms with E-state index in [0.717, 1.165) is 37.7 Å². The first-order valence-electron chi connectivity index (χ1n) is 6.80. The van der Waals surface area contributed by atoms with Crippen LogP contribution in [-0.4, -0.2) is 35.1 Å². The van der Waals surface area contributed by atoms with Crippen molar-refractivity contribution in [2.24, 2.45) is 0 Å². The average molecular weight is 265 g/mol. The van der Waals surface area contributed by atoms with Gasteiger partial charge in [-0.2, -0.15) is 11.8 Å². The predicted molar refractivity (Wildman–Crippen MR) is 81.7 cm³/mol. The highest BCUT2D eigenvalue weighted by Gasteiger charge is 2.23. The van der Waals surface area contributed by atoms with Gasteiger partial charge < -0.3 is 10.2 Å². The number of thioether (sulfide) groups is 1. The summed E-state index contributed by atoms with van der Waals surface area (Å²) in [6.45, 7) is 9.94. The lowest BCUT2D eigenvalue weighted by Gasteiger charge is -2.35. The number of hydrogen-bond acceptors (Lipinski definition) is 4. The standard InChI is InChI=1S/C14H23N3S/c1-4-8-15-13-6-5-7-14(16-13)17-9-11(2)18-12(3)10-17/h5-7,11-12H,4,8-10H2,1-3H3,(H,15,16). The summed E-state index contributed by atoms with van der Waals surface area (Å²) >= 11 is 2.07. The molecule has 1 aromatic rings. The van der Waals surface area contributed by atoms with Crippen LogP contribution in [-0.2, 0) is 0 Å². The molecule has 1 aromatic heterocycles. The van der Waals surface area contributed by atoms with Crippen molar-refractivity contribution in [2.45, 2.75) is 37.7 Å². The molecule has 0 aliphatic carbocycles. The maximum Gasteiger partial charge on any atom is 0.131 e. The molecule has 2 unspecified atom stereocenters. The van der Waals surface area contributed by atoms with Crippen molar-refractivity contribution in [1.29, 1.82) is 0 Å². The third-order valence-corrected chi connectivity index (χ3v) is 4.26. The Labute approximate surface area is 114 Å². The number of hydrogen-bond donors (Lipinski definition) is 1. The van der Waals surface area contributed by atoms with Gasteiger partial charge in [-0.05, 0) is 18.6 Å². The van der Waals surface area contributed by atoms with E-state index < -0.39 is 0 Å². The maximum absolute atomic E-state index is 4.71. The molecule has 1 saturated heterocycles. The Morgan fingerprint density at radius 2 is 2.06 bits per heavy atom. The molecule has 1 aliphatic rings. The summed E-state index contributed by atoms with van der Waals surface area (Å²) < 4.78 is 0. The van der Waals surface area contributed by atoms with Crippen LogP contribution >= 0.6 is 11.8 Å². The van der Waals surface area contributed by atoms with Crippen LogP contribution < -0.4 is 10.2 Å². The Balaban J connectivity index is 2.07. The molecule has 0 bridgehead atoms. The van der Waals surface area contributed by atoms with Gasteiger partial charge in [0.15, 0.2) is 0 Å². The van der Waals surface area contributed by atoms with Crippen LogP contribution in [0.1, 0.15) is 27.2 Å². The molecule has 2 atom stereocenters. The highest BCUT2D eigenvalue weighted by Crippen LogP contribution is 2.28. The lowest BCUT2D eigenvalue weighted by molar-refractivity contribution is 0.719. The van der Waals surface area contributed by atoms with Crippen molar-refractivity contribution in [3.05, 3.63) is 18.2 Å². The van der Waals surface area contributed by atoms with Gasteiger partial charge in [0.2, 0.25) is 0 Å². The molecule has 1 N–H and O–H groups in total. The van der Waals surface area contributed by atoms with Gasteiger partial charge in [-0.3, -0.25) is 0 Å². The second-order valence-corrected chi connectivity index (χ2v) is 6.85. The molecule has 100 valence electrons. The molecule has 18 heavy (non-hydrogen) atoms. The summed E-state index contributed by atoms with van der Waals surface area (Å²) in [5.41, 5.74) is 0. The molecule has 0 saturated carbocycles. The van der Waals surface area contributed by atoms with Crippen LogP contribution in [0, 0.1) is 0 Å². The normalized spacial score (nSPS) is 24.1. The second kappa shape index (κ2) is 6.32. The van der Waals surface area contributed by atoms with Gasteiger partial charge in [-0.15, -0.1) is 0 Å². The largest absolute Gasteiger partial charge is 0.370 e.